The number of nitrogens with one attached hydrogen (secondary N) is 1. The summed E-state index contributed by atoms with van der Waals surface area (Å²) in [7, 11) is 0. The third kappa shape index (κ3) is 3.15. The normalized spacial score (nSPS) is 10.6. The molecule has 0 unspecified atom stereocenters. The van der Waals surface area contributed by atoms with Crippen molar-refractivity contribution >= 4 is 44.2 Å². The SMILES string of the molecule is CCOc1ccc(C(=O)Nc2nc3ccc(Cl)cc3s2)nn1. The molecule has 0 aliphatic rings. The van der Waals surface area contributed by atoms with Crippen LogP contribution in [0.4, 0.5) is 5.13 Å². The molecule has 0 radical (unpaired) electrons. The second-order valence-corrected chi connectivity index (χ2v) is 5.74. The number of ether oxygens (including phenoxy) is 1. The summed E-state index contributed by atoms with van der Waals surface area (Å²) in [6.07, 6.45) is 0. The molecular formula is C14H11ClN4O2S. The Labute approximate surface area is 135 Å². The maximum atomic E-state index is 12.1. The van der Waals surface area contributed by atoms with Gasteiger partial charge in [-0.2, -0.15) is 0 Å². The first-order valence-electron chi connectivity index (χ1n) is 6.49. The molecule has 0 aliphatic carbocycles. The molecule has 2 aromatic heterocycles. The zero-order valence-electron chi connectivity index (χ0n) is 11.5. The second-order valence-electron chi connectivity index (χ2n) is 4.28. The highest BCUT2D eigenvalue weighted by molar-refractivity contribution is 7.22. The van der Waals surface area contributed by atoms with Crippen LogP contribution in [0.3, 0.4) is 0 Å². The minimum atomic E-state index is -0.374. The topological polar surface area (TPSA) is 77.0 Å². The first-order chi connectivity index (χ1) is 10.7. The fourth-order valence-corrected chi connectivity index (χ4v) is 2.92. The number of benzene rings is 1. The molecule has 0 spiro atoms. The van der Waals surface area contributed by atoms with E-state index in [2.05, 4.69) is 20.5 Å². The Hall–Kier alpha value is -2.25. The van der Waals surface area contributed by atoms with Crippen LogP contribution in [0.25, 0.3) is 10.2 Å². The van der Waals surface area contributed by atoms with Crippen molar-refractivity contribution in [3.05, 3.63) is 41.0 Å². The van der Waals surface area contributed by atoms with Crippen LogP contribution in [-0.2, 0) is 0 Å². The Morgan fingerprint density at radius 3 is 2.91 bits per heavy atom. The average Bonchev–Trinajstić information content (AvgIpc) is 2.89. The molecule has 3 aromatic rings. The van der Waals surface area contributed by atoms with Gasteiger partial charge in [0.15, 0.2) is 10.8 Å². The minimum absolute atomic E-state index is 0.195. The summed E-state index contributed by atoms with van der Waals surface area (Å²) in [6, 6.07) is 8.52. The van der Waals surface area contributed by atoms with Crippen LogP contribution in [0.5, 0.6) is 5.88 Å². The Balaban J connectivity index is 1.77. The Bertz CT molecular complexity index is 819. The number of hydrogen-bond donors (Lipinski definition) is 1. The molecule has 112 valence electrons. The van der Waals surface area contributed by atoms with Crippen LogP contribution in [0.2, 0.25) is 5.02 Å². The van der Waals surface area contributed by atoms with Crippen molar-refractivity contribution in [3.63, 3.8) is 0 Å². The molecule has 2 heterocycles. The van der Waals surface area contributed by atoms with Crippen LogP contribution in [0, 0.1) is 0 Å². The van der Waals surface area contributed by atoms with Crippen LogP contribution in [-0.4, -0.2) is 27.7 Å². The number of halogens is 1. The number of hydrogen-bond acceptors (Lipinski definition) is 6. The van der Waals surface area contributed by atoms with Crippen LogP contribution >= 0.6 is 22.9 Å². The number of fused-ring (bicyclic) bond motifs is 1. The molecule has 0 saturated heterocycles. The van der Waals surface area contributed by atoms with E-state index in [4.69, 9.17) is 16.3 Å². The zero-order valence-corrected chi connectivity index (χ0v) is 13.1. The first kappa shape index (κ1) is 14.7. The fourth-order valence-electron chi connectivity index (χ4n) is 1.78. The van der Waals surface area contributed by atoms with E-state index >= 15 is 0 Å². The van der Waals surface area contributed by atoms with Gasteiger partial charge >= 0.3 is 0 Å². The molecule has 0 atom stereocenters. The van der Waals surface area contributed by atoms with Crippen molar-refractivity contribution < 1.29 is 9.53 Å². The van der Waals surface area contributed by atoms with Gasteiger partial charge in [-0.3, -0.25) is 10.1 Å². The minimum Gasteiger partial charge on any atom is -0.477 e. The fraction of sp³-hybridized carbons (Fsp3) is 0.143. The summed E-state index contributed by atoms with van der Waals surface area (Å²) in [6.45, 7) is 2.34. The first-order valence-corrected chi connectivity index (χ1v) is 7.69. The van der Waals surface area contributed by atoms with Gasteiger partial charge in [0.05, 0.1) is 16.8 Å². The molecule has 6 nitrogen and oxygen atoms in total. The number of anilines is 1. The summed E-state index contributed by atoms with van der Waals surface area (Å²) >= 11 is 7.28. The molecule has 8 heteroatoms. The molecule has 1 amide bonds. The van der Waals surface area contributed by atoms with Crippen molar-refractivity contribution in [1.29, 1.82) is 0 Å². The van der Waals surface area contributed by atoms with E-state index in [0.29, 0.717) is 22.6 Å². The van der Waals surface area contributed by atoms with Crippen LogP contribution in [0.15, 0.2) is 30.3 Å². The van der Waals surface area contributed by atoms with Gasteiger partial charge in [0, 0.05) is 11.1 Å². The van der Waals surface area contributed by atoms with E-state index in [0.717, 1.165) is 10.2 Å². The lowest BCUT2D eigenvalue weighted by atomic mass is 10.3. The van der Waals surface area contributed by atoms with E-state index in [-0.39, 0.29) is 11.6 Å². The van der Waals surface area contributed by atoms with Crippen molar-refractivity contribution in [3.8, 4) is 5.88 Å². The number of carbonyl (C=O) groups is 1. The number of nitrogens with zero attached hydrogens (tertiary/aromatic N) is 3. The Morgan fingerprint density at radius 1 is 1.32 bits per heavy atom. The summed E-state index contributed by atoms with van der Waals surface area (Å²) < 4.78 is 6.09. The maximum absolute atomic E-state index is 12.1. The zero-order chi connectivity index (χ0) is 15.5. The number of aromatic nitrogens is 3. The lowest BCUT2D eigenvalue weighted by Crippen LogP contribution is -2.14. The van der Waals surface area contributed by atoms with Gasteiger partial charge in [-0.25, -0.2) is 4.98 Å². The molecular weight excluding hydrogens is 324 g/mol. The van der Waals surface area contributed by atoms with Gasteiger partial charge in [-0.05, 0) is 31.2 Å². The van der Waals surface area contributed by atoms with Gasteiger partial charge in [0.2, 0.25) is 5.88 Å². The van der Waals surface area contributed by atoms with Crippen molar-refractivity contribution in [1.82, 2.24) is 15.2 Å². The van der Waals surface area contributed by atoms with Gasteiger partial charge in [0.1, 0.15) is 0 Å². The van der Waals surface area contributed by atoms with E-state index in [1.54, 1.807) is 30.3 Å². The highest BCUT2D eigenvalue weighted by Crippen LogP contribution is 2.28. The number of carbonyl (C=O) groups excluding carboxylic acids is 1. The molecule has 0 fully saturated rings. The lowest BCUT2D eigenvalue weighted by Gasteiger charge is -2.02. The number of thiazole rings is 1. The van der Waals surface area contributed by atoms with Crippen molar-refractivity contribution in [2.45, 2.75) is 6.92 Å². The van der Waals surface area contributed by atoms with E-state index < -0.39 is 0 Å². The van der Waals surface area contributed by atoms with Gasteiger partial charge in [-0.15, -0.1) is 10.2 Å². The maximum Gasteiger partial charge on any atom is 0.277 e. The Morgan fingerprint density at radius 2 is 2.18 bits per heavy atom. The number of amides is 1. The second kappa shape index (κ2) is 6.25. The third-order valence-electron chi connectivity index (χ3n) is 2.74. The highest BCUT2D eigenvalue weighted by Gasteiger charge is 2.12. The van der Waals surface area contributed by atoms with E-state index in [1.807, 2.05) is 6.92 Å². The van der Waals surface area contributed by atoms with Crippen molar-refractivity contribution in [2.75, 3.05) is 11.9 Å². The molecule has 3 rings (SSSR count). The average molecular weight is 335 g/mol. The summed E-state index contributed by atoms with van der Waals surface area (Å²) in [5.74, 6) is 0.00869. The standard InChI is InChI=1S/C14H11ClN4O2S/c1-2-21-12-6-5-10(18-19-12)13(20)17-14-16-9-4-3-8(15)7-11(9)22-14/h3-7H,2H2,1H3,(H,16,17,20). The molecule has 1 aromatic carbocycles. The molecule has 0 bridgehead atoms. The summed E-state index contributed by atoms with van der Waals surface area (Å²) in [5, 5.41) is 11.5. The monoisotopic (exact) mass is 334 g/mol. The van der Waals surface area contributed by atoms with E-state index in [9.17, 15) is 4.79 Å². The summed E-state index contributed by atoms with van der Waals surface area (Å²) in [5.41, 5.74) is 0.975. The number of rotatable bonds is 4. The lowest BCUT2D eigenvalue weighted by molar-refractivity contribution is 0.102. The predicted molar refractivity (Wildman–Crippen MR) is 85.8 cm³/mol. The third-order valence-corrected chi connectivity index (χ3v) is 3.90. The highest BCUT2D eigenvalue weighted by atomic mass is 35.5. The molecule has 0 saturated carbocycles. The molecule has 1 N–H and O–H groups in total. The van der Waals surface area contributed by atoms with Crippen LogP contribution < -0.4 is 10.1 Å². The van der Waals surface area contributed by atoms with Gasteiger partial charge < -0.3 is 4.74 Å². The summed E-state index contributed by atoms with van der Waals surface area (Å²) in [4.78, 5) is 16.4. The van der Waals surface area contributed by atoms with Gasteiger partial charge in [-0.1, -0.05) is 22.9 Å². The predicted octanol–water partition coefficient (Wildman–Crippen LogP) is 3.39. The van der Waals surface area contributed by atoms with E-state index in [1.165, 1.54) is 11.3 Å². The molecule has 0 aliphatic heterocycles. The van der Waals surface area contributed by atoms with Crippen LogP contribution in [0.1, 0.15) is 17.4 Å². The van der Waals surface area contributed by atoms with Gasteiger partial charge in [0.25, 0.3) is 5.91 Å². The van der Waals surface area contributed by atoms with Crippen molar-refractivity contribution in [2.24, 2.45) is 0 Å². The molecule has 22 heavy (non-hydrogen) atoms. The Kier molecular flexibility index (Phi) is 4.17. The largest absolute Gasteiger partial charge is 0.477 e. The quantitative estimate of drug-likeness (QED) is 0.791. The smallest absolute Gasteiger partial charge is 0.277 e.